The fraction of sp³-hybridized carbons (Fsp3) is 0.935. The summed E-state index contributed by atoms with van der Waals surface area (Å²) in [5.74, 6) is 0.747. The Morgan fingerprint density at radius 1 is 0.585 bits per heavy atom. The highest BCUT2D eigenvalue weighted by Gasteiger charge is 2.15. The normalized spacial score (nSPS) is 14.6. The van der Waals surface area contributed by atoms with Crippen LogP contribution in [0.1, 0.15) is 167 Å². The van der Waals surface area contributed by atoms with Crippen molar-refractivity contribution in [2.24, 2.45) is 0 Å². The van der Waals surface area contributed by atoms with Gasteiger partial charge in [-0.1, -0.05) is 122 Å². The Balaban J connectivity index is 1.87. The quantitative estimate of drug-likeness (QED) is 0.0325. The number of allylic oxidation sites excluding steroid dienone is 2. The van der Waals surface area contributed by atoms with Crippen LogP contribution in [-0.2, 0) is 49.8 Å². The van der Waals surface area contributed by atoms with Gasteiger partial charge in [0.2, 0.25) is 0 Å². The van der Waals surface area contributed by atoms with Gasteiger partial charge in [0.15, 0.2) is 0 Å². The molecule has 0 atom stereocenters. The van der Waals surface area contributed by atoms with Crippen molar-refractivity contribution in [1.82, 2.24) is 0 Å². The highest BCUT2D eigenvalue weighted by atomic mass is 17.9. The van der Waals surface area contributed by atoms with Crippen LogP contribution in [0.25, 0.3) is 0 Å². The maximum Gasteiger partial charge on any atom is 0.141 e. The second kappa shape index (κ2) is 32.1. The summed E-state index contributed by atoms with van der Waals surface area (Å²) in [5, 5.41) is 26.2. The molecule has 1 aliphatic rings. The lowest BCUT2D eigenvalue weighted by atomic mass is 9.98. The largest absolute Gasteiger partial charge is 0.313 e. The first-order valence-corrected chi connectivity index (χ1v) is 16.5. The Morgan fingerprint density at radius 3 is 1.76 bits per heavy atom. The van der Waals surface area contributed by atoms with Gasteiger partial charge < -0.3 is 4.89 Å². The van der Waals surface area contributed by atoms with Gasteiger partial charge in [-0.15, -0.1) is 0 Å². The summed E-state index contributed by atoms with van der Waals surface area (Å²) in [6.45, 7) is 2.57. The molecule has 0 heterocycles. The van der Waals surface area contributed by atoms with Gasteiger partial charge >= 0.3 is 0 Å². The van der Waals surface area contributed by atoms with Crippen LogP contribution in [0.5, 0.6) is 0 Å². The van der Waals surface area contributed by atoms with E-state index in [-0.39, 0.29) is 6.10 Å². The van der Waals surface area contributed by atoms with Crippen LogP contribution < -0.4 is 0 Å². The van der Waals surface area contributed by atoms with Crippen molar-refractivity contribution in [1.29, 1.82) is 0 Å². The third-order valence-electron chi connectivity index (χ3n) is 7.43. The van der Waals surface area contributed by atoms with Crippen LogP contribution in [0, 0.1) is 0 Å². The van der Waals surface area contributed by atoms with Crippen molar-refractivity contribution < 1.29 is 49.8 Å². The van der Waals surface area contributed by atoms with E-state index < -0.39 is 0 Å². The lowest BCUT2D eigenvalue weighted by molar-refractivity contribution is -0.792. The molecule has 1 aliphatic carbocycles. The molecule has 0 aromatic rings. The van der Waals surface area contributed by atoms with Gasteiger partial charge in [0, 0.05) is 6.42 Å². The zero-order valence-electron chi connectivity index (χ0n) is 26.1. The maximum absolute atomic E-state index is 5.23. The lowest BCUT2D eigenvalue weighted by Crippen LogP contribution is -2.17. The third-order valence-corrected chi connectivity index (χ3v) is 7.43. The van der Waals surface area contributed by atoms with Crippen molar-refractivity contribution in [3.63, 3.8) is 0 Å². The summed E-state index contributed by atoms with van der Waals surface area (Å²) in [4.78, 5) is 19.7. The average Bonchev–Trinajstić information content (AvgIpc) is 3.00. The van der Waals surface area contributed by atoms with E-state index in [0.29, 0.717) is 19.4 Å². The SMILES string of the molecule is CCCCCCCCCCCCCCCCCCC=C(CCCCOOOOOOOC1CCCCC1)OOOC. The molecular weight excluding hydrogens is 532 g/mol. The van der Waals surface area contributed by atoms with Crippen LogP contribution in [0.3, 0.4) is 0 Å². The first kappa shape index (κ1) is 38.2. The number of rotatable bonds is 32. The maximum atomic E-state index is 5.23. The highest BCUT2D eigenvalue weighted by Crippen LogP contribution is 2.20. The van der Waals surface area contributed by atoms with E-state index in [9.17, 15) is 0 Å². The van der Waals surface area contributed by atoms with E-state index in [1.807, 2.05) is 0 Å². The fourth-order valence-corrected chi connectivity index (χ4v) is 4.99. The minimum absolute atomic E-state index is 0.00986. The molecule has 10 nitrogen and oxygen atoms in total. The second-order valence-corrected chi connectivity index (χ2v) is 11.1. The zero-order chi connectivity index (χ0) is 29.3. The minimum Gasteiger partial charge on any atom is -0.313 e. The van der Waals surface area contributed by atoms with Crippen molar-refractivity contribution in [2.45, 2.75) is 174 Å². The molecule has 0 bridgehead atoms. The van der Waals surface area contributed by atoms with Gasteiger partial charge in [-0.3, -0.25) is 0 Å². The van der Waals surface area contributed by atoms with Gasteiger partial charge in [-0.25, -0.2) is 9.78 Å². The van der Waals surface area contributed by atoms with Crippen molar-refractivity contribution >= 4 is 0 Å². The standard InChI is InChI=1S/C31H60O10/c1-3-4-5-6-7-8-9-10-11-12-13-14-15-16-17-18-20-25-30(34-36-32-2)28-23-24-29-33-37-39-41-40-38-35-31-26-21-19-22-27-31/h25,31H,3-24,26-29H2,1-2H3. The number of hydrogen-bond donors (Lipinski definition) is 0. The smallest absolute Gasteiger partial charge is 0.141 e. The molecule has 0 saturated heterocycles. The highest BCUT2D eigenvalue weighted by molar-refractivity contribution is 4.91. The predicted octanol–water partition coefficient (Wildman–Crippen LogP) is 10.1. The summed E-state index contributed by atoms with van der Waals surface area (Å²) in [6.07, 6.45) is 32.4. The zero-order valence-corrected chi connectivity index (χ0v) is 26.1. The molecule has 41 heavy (non-hydrogen) atoms. The van der Waals surface area contributed by atoms with Crippen molar-refractivity contribution in [3.05, 3.63) is 11.8 Å². The topological polar surface area (TPSA) is 92.3 Å². The molecule has 0 aromatic heterocycles. The Labute approximate surface area is 249 Å². The summed E-state index contributed by atoms with van der Waals surface area (Å²) >= 11 is 0. The van der Waals surface area contributed by atoms with E-state index in [0.717, 1.165) is 50.7 Å². The molecule has 0 spiro atoms. The van der Waals surface area contributed by atoms with E-state index >= 15 is 0 Å². The second-order valence-electron chi connectivity index (χ2n) is 11.1. The molecule has 1 fully saturated rings. The number of hydrogen-bond acceptors (Lipinski definition) is 10. The molecule has 0 aliphatic heterocycles. The Hall–Kier alpha value is -0.820. The third kappa shape index (κ3) is 27.7. The molecule has 10 heteroatoms. The molecule has 1 rings (SSSR count). The summed E-state index contributed by atoms with van der Waals surface area (Å²) in [7, 11) is 1.41. The Morgan fingerprint density at radius 2 is 1.15 bits per heavy atom. The summed E-state index contributed by atoms with van der Waals surface area (Å²) in [6, 6.07) is 0. The lowest BCUT2D eigenvalue weighted by Gasteiger charge is -2.18. The summed E-state index contributed by atoms with van der Waals surface area (Å²) in [5.41, 5.74) is 0. The number of unbranched alkanes of at least 4 members (excludes halogenated alkanes) is 17. The van der Waals surface area contributed by atoms with Gasteiger partial charge in [0.25, 0.3) is 0 Å². The van der Waals surface area contributed by atoms with Crippen LogP contribution in [0.2, 0.25) is 0 Å². The monoisotopic (exact) mass is 592 g/mol. The molecule has 244 valence electrons. The van der Waals surface area contributed by atoms with Crippen molar-refractivity contribution in [3.8, 4) is 0 Å². The van der Waals surface area contributed by atoms with Crippen LogP contribution >= 0.6 is 0 Å². The Bertz CT molecular complexity index is 543. The van der Waals surface area contributed by atoms with Gasteiger partial charge in [0.1, 0.15) is 5.76 Å². The molecule has 0 unspecified atom stereocenters. The first-order valence-electron chi connectivity index (χ1n) is 16.5. The van der Waals surface area contributed by atoms with Gasteiger partial charge in [0.05, 0.1) is 19.8 Å². The molecular formula is C31H60O10. The molecule has 0 amide bonds. The average molecular weight is 593 g/mol. The van der Waals surface area contributed by atoms with Gasteiger partial charge in [-0.2, -0.15) is 4.89 Å². The van der Waals surface area contributed by atoms with Crippen LogP contribution in [0.4, 0.5) is 0 Å². The van der Waals surface area contributed by atoms with E-state index in [4.69, 9.17) is 14.7 Å². The van der Waals surface area contributed by atoms with Crippen LogP contribution in [-0.4, -0.2) is 19.8 Å². The molecule has 0 aromatic carbocycles. The van der Waals surface area contributed by atoms with E-state index in [1.165, 1.54) is 110 Å². The fourth-order valence-electron chi connectivity index (χ4n) is 4.99. The van der Waals surface area contributed by atoms with Gasteiger partial charge in [-0.05, 0) is 74.8 Å². The van der Waals surface area contributed by atoms with E-state index in [2.05, 4.69) is 48.1 Å². The minimum atomic E-state index is 0.00986. The molecule has 0 N–H and O–H groups in total. The van der Waals surface area contributed by atoms with E-state index in [1.54, 1.807) is 0 Å². The first-order chi connectivity index (χ1) is 20.4. The van der Waals surface area contributed by atoms with Crippen molar-refractivity contribution in [2.75, 3.05) is 13.7 Å². The summed E-state index contributed by atoms with van der Waals surface area (Å²) < 4.78 is 0. The molecule has 1 saturated carbocycles. The molecule has 0 radical (unpaired) electrons. The van der Waals surface area contributed by atoms with Crippen LogP contribution in [0.15, 0.2) is 11.8 Å². The Kier molecular flexibility index (Phi) is 29.9. The predicted molar refractivity (Wildman–Crippen MR) is 155 cm³/mol.